The Morgan fingerprint density at radius 2 is 1.57 bits per heavy atom. The standard InChI is InChI=1S/C27H36N4O4/c1-18(2)34-25-14-9-21(16-26(25)35-19(3)4)17-28-31-15-7-6-8-24(31)27(33)30-23-12-10-22(11-13-23)29-20(5)32/h9-14,16-19,24H,6-8,15H2,1-5H3,(H,29,32)(H,30,33)/b28-17+. The average molecular weight is 481 g/mol. The summed E-state index contributed by atoms with van der Waals surface area (Å²) in [7, 11) is 0. The number of hydrogen-bond donors (Lipinski definition) is 2. The van der Waals surface area contributed by atoms with Crippen molar-refractivity contribution < 1.29 is 19.1 Å². The number of nitrogens with one attached hydrogen (secondary N) is 2. The molecule has 2 amide bonds. The van der Waals surface area contributed by atoms with E-state index in [1.54, 1.807) is 30.5 Å². The fourth-order valence-electron chi connectivity index (χ4n) is 3.83. The summed E-state index contributed by atoms with van der Waals surface area (Å²) in [6.07, 6.45) is 4.50. The molecule has 2 N–H and O–H groups in total. The largest absolute Gasteiger partial charge is 0.487 e. The molecule has 0 aliphatic carbocycles. The first-order valence-electron chi connectivity index (χ1n) is 12.2. The molecule has 0 saturated carbocycles. The third-order valence-electron chi connectivity index (χ3n) is 5.30. The minimum atomic E-state index is -0.357. The number of carbonyl (C=O) groups is 2. The Morgan fingerprint density at radius 1 is 0.943 bits per heavy atom. The number of anilines is 2. The Bertz CT molecular complexity index is 1030. The van der Waals surface area contributed by atoms with E-state index in [1.807, 2.05) is 50.9 Å². The summed E-state index contributed by atoms with van der Waals surface area (Å²) >= 11 is 0. The molecule has 8 nitrogen and oxygen atoms in total. The van der Waals surface area contributed by atoms with E-state index >= 15 is 0 Å². The number of amides is 2. The molecule has 1 heterocycles. The maximum absolute atomic E-state index is 13.0. The summed E-state index contributed by atoms with van der Waals surface area (Å²) in [5, 5.41) is 12.2. The van der Waals surface area contributed by atoms with Crippen LogP contribution in [-0.4, -0.2) is 47.8 Å². The highest BCUT2D eigenvalue weighted by Crippen LogP contribution is 2.30. The molecular formula is C27H36N4O4. The second kappa shape index (κ2) is 12.2. The highest BCUT2D eigenvalue weighted by molar-refractivity contribution is 5.95. The van der Waals surface area contributed by atoms with Crippen molar-refractivity contribution in [1.82, 2.24) is 5.01 Å². The molecule has 0 radical (unpaired) electrons. The van der Waals surface area contributed by atoms with Gasteiger partial charge in [0.1, 0.15) is 6.04 Å². The van der Waals surface area contributed by atoms with Crippen LogP contribution in [0.4, 0.5) is 11.4 Å². The molecule has 1 fully saturated rings. The van der Waals surface area contributed by atoms with E-state index in [0.717, 1.165) is 24.8 Å². The number of carbonyl (C=O) groups excluding carboxylic acids is 2. The van der Waals surface area contributed by atoms with Crippen molar-refractivity contribution in [2.24, 2.45) is 5.10 Å². The predicted molar refractivity (Wildman–Crippen MR) is 139 cm³/mol. The van der Waals surface area contributed by atoms with E-state index in [1.165, 1.54) is 6.92 Å². The van der Waals surface area contributed by atoms with Crippen molar-refractivity contribution in [3.63, 3.8) is 0 Å². The Morgan fingerprint density at radius 3 is 2.20 bits per heavy atom. The van der Waals surface area contributed by atoms with Gasteiger partial charge in [-0.2, -0.15) is 5.10 Å². The molecule has 8 heteroatoms. The first-order valence-corrected chi connectivity index (χ1v) is 12.2. The first kappa shape index (κ1) is 26.1. The molecule has 2 aromatic carbocycles. The predicted octanol–water partition coefficient (Wildman–Crippen LogP) is 5.05. The molecule has 1 atom stereocenters. The van der Waals surface area contributed by atoms with Gasteiger partial charge in [0, 0.05) is 24.8 Å². The summed E-state index contributed by atoms with van der Waals surface area (Å²) in [6, 6.07) is 12.5. The average Bonchev–Trinajstić information content (AvgIpc) is 2.79. The van der Waals surface area contributed by atoms with Gasteiger partial charge >= 0.3 is 0 Å². The van der Waals surface area contributed by atoms with Gasteiger partial charge in [0.2, 0.25) is 11.8 Å². The molecule has 0 spiro atoms. The fraction of sp³-hybridized carbons (Fsp3) is 0.444. The zero-order valence-corrected chi connectivity index (χ0v) is 21.2. The quantitative estimate of drug-likeness (QED) is 0.490. The van der Waals surface area contributed by atoms with Gasteiger partial charge in [0.25, 0.3) is 0 Å². The maximum Gasteiger partial charge on any atom is 0.248 e. The Hall–Kier alpha value is -3.55. The van der Waals surface area contributed by atoms with Crippen LogP contribution >= 0.6 is 0 Å². The van der Waals surface area contributed by atoms with E-state index in [-0.39, 0.29) is 30.1 Å². The van der Waals surface area contributed by atoms with E-state index in [2.05, 4.69) is 15.7 Å². The molecule has 1 unspecified atom stereocenters. The Balaban J connectivity index is 1.70. The zero-order chi connectivity index (χ0) is 25.4. The molecule has 0 bridgehead atoms. The van der Waals surface area contributed by atoms with Crippen molar-refractivity contribution in [3.8, 4) is 11.5 Å². The van der Waals surface area contributed by atoms with Crippen LogP contribution in [0.25, 0.3) is 0 Å². The maximum atomic E-state index is 13.0. The third kappa shape index (κ3) is 8.02. The number of benzene rings is 2. The van der Waals surface area contributed by atoms with E-state index in [0.29, 0.717) is 29.4 Å². The van der Waals surface area contributed by atoms with Gasteiger partial charge in [-0.15, -0.1) is 0 Å². The number of hydrogen-bond acceptors (Lipinski definition) is 6. The van der Waals surface area contributed by atoms with Crippen molar-refractivity contribution in [1.29, 1.82) is 0 Å². The van der Waals surface area contributed by atoms with E-state index < -0.39 is 0 Å². The van der Waals surface area contributed by atoms with Crippen molar-refractivity contribution in [3.05, 3.63) is 48.0 Å². The number of piperidine rings is 1. The van der Waals surface area contributed by atoms with Crippen molar-refractivity contribution in [2.75, 3.05) is 17.2 Å². The lowest BCUT2D eigenvalue weighted by atomic mass is 10.0. The van der Waals surface area contributed by atoms with Gasteiger partial charge in [-0.05, 0) is 95.0 Å². The van der Waals surface area contributed by atoms with E-state index in [9.17, 15) is 9.59 Å². The van der Waals surface area contributed by atoms with Gasteiger partial charge in [-0.25, -0.2) is 0 Å². The van der Waals surface area contributed by atoms with Crippen LogP contribution in [0.3, 0.4) is 0 Å². The highest BCUT2D eigenvalue weighted by atomic mass is 16.5. The molecule has 1 aliphatic heterocycles. The fourth-order valence-corrected chi connectivity index (χ4v) is 3.83. The van der Waals surface area contributed by atoms with Crippen LogP contribution in [0, 0.1) is 0 Å². The van der Waals surface area contributed by atoms with Crippen molar-refractivity contribution in [2.45, 2.75) is 72.1 Å². The van der Waals surface area contributed by atoms with Gasteiger partial charge in [0.15, 0.2) is 11.5 Å². The lowest BCUT2D eigenvalue weighted by Gasteiger charge is -2.32. The Labute approximate surface area is 207 Å². The van der Waals surface area contributed by atoms with Crippen LogP contribution in [0.15, 0.2) is 47.6 Å². The highest BCUT2D eigenvalue weighted by Gasteiger charge is 2.28. The summed E-state index contributed by atoms with van der Waals surface area (Å²) < 4.78 is 11.8. The molecular weight excluding hydrogens is 444 g/mol. The lowest BCUT2D eigenvalue weighted by molar-refractivity contribution is -0.122. The molecule has 35 heavy (non-hydrogen) atoms. The van der Waals surface area contributed by atoms with Crippen LogP contribution in [0.1, 0.15) is 59.4 Å². The lowest BCUT2D eigenvalue weighted by Crippen LogP contribution is -2.44. The summed E-state index contributed by atoms with van der Waals surface area (Å²) in [4.78, 5) is 24.2. The summed E-state index contributed by atoms with van der Waals surface area (Å²) in [6.45, 7) is 10.1. The zero-order valence-electron chi connectivity index (χ0n) is 21.2. The smallest absolute Gasteiger partial charge is 0.248 e. The topological polar surface area (TPSA) is 92.3 Å². The second-order valence-electron chi connectivity index (χ2n) is 9.21. The first-order chi connectivity index (χ1) is 16.7. The van der Waals surface area contributed by atoms with E-state index in [4.69, 9.17) is 9.47 Å². The van der Waals surface area contributed by atoms with Gasteiger partial charge in [-0.3, -0.25) is 14.6 Å². The minimum absolute atomic E-state index is 0.0131. The summed E-state index contributed by atoms with van der Waals surface area (Å²) in [5.74, 6) is 1.14. The van der Waals surface area contributed by atoms with Gasteiger partial charge in [-0.1, -0.05) is 0 Å². The van der Waals surface area contributed by atoms with Crippen LogP contribution in [0.2, 0.25) is 0 Å². The molecule has 1 aliphatic rings. The summed E-state index contributed by atoms with van der Waals surface area (Å²) in [5.41, 5.74) is 2.23. The molecule has 2 aromatic rings. The SMILES string of the molecule is CC(=O)Nc1ccc(NC(=O)C2CCCCN2/N=C/c2ccc(OC(C)C)c(OC(C)C)c2)cc1. The third-order valence-corrected chi connectivity index (χ3v) is 5.30. The van der Waals surface area contributed by atoms with Gasteiger partial charge < -0.3 is 20.1 Å². The van der Waals surface area contributed by atoms with Crippen LogP contribution in [-0.2, 0) is 9.59 Å². The number of rotatable bonds is 9. The molecule has 0 aromatic heterocycles. The number of nitrogens with zero attached hydrogens (tertiary/aromatic N) is 2. The van der Waals surface area contributed by atoms with Crippen LogP contribution in [0.5, 0.6) is 11.5 Å². The van der Waals surface area contributed by atoms with Crippen LogP contribution < -0.4 is 20.1 Å². The monoisotopic (exact) mass is 480 g/mol. The Kier molecular flexibility index (Phi) is 9.11. The number of ether oxygens (including phenoxy) is 2. The van der Waals surface area contributed by atoms with Gasteiger partial charge in [0.05, 0.1) is 18.4 Å². The van der Waals surface area contributed by atoms with Crippen molar-refractivity contribution >= 4 is 29.4 Å². The minimum Gasteiger partial charge on any atom is -0.487 e. The normalized spacial score (nSPS) is 16.0. The second-order valence-corrected chi connectivity index (χ2v) is 9.21. The molecule has 1 saturated heterocycles. The number of hydrazone groups is 1. The molecule has 188 valence electrons. The molecule has 3 rings (SSSR count).